The smallest absolute Gasteiger partial charge is 0.194 e. The van der Waals surface area contributed by atoms with Crippen molar-refractivity contribution in [2.24, 2.45) is 0 Å². The summed E-state index contributed by atoms with van der Waals surface area (Å²) in [4.78, 5) is 18.0. The molecular formula is C64H36N10. The molecule has 0 atom stereocenters. The summed E-state index contributed by atoms with van der Waals surface area (Å²) in [5.41, 5.74) is 13.8. The molecule has 10 heteroatoms. The maximum atomic E-state index is 11.3. The third-order valence-corrected chi connectivity index (χ3v) is 13.8. The molecule has 0 aliphatic heterocycles. The van der Waals surface area contributed by atoms with E-state index < -0.39 is 0 Å². The first-order valence-corrected chi connectivity index (χ1v) is 23.7. The number of nitriles is 4. The van der Waals surface area contributed by atoms with Crippen molar-refractivity contribution in [3.8, 4) is 91.5 Å². The zero-order valence-electron chi connectivity index (χ0n) is 39.8. The zero-order chi connectivity index (χ0) is 50.6. The zero-order valence-corrected chi connectivity index (χ0v) is 39.8. The molecule has 342 valence electrons. The maximum absolute atomic E-state index is 11.3. The second kappa shape index (κ2) is 17.8. The molecule has 3 heterocycles. The summed E-state index contributed by atoms with van der Waals surface area (Å²) < 4.78 is 4.38. The van der Waals surface area contributed by atoms with Crippen LogP contribution >= 0.6 is 0 Å². The van der Waals surface area contributed by atoms with Gasteiger partial charge in [0, 0.05) is 27.1 Å². The highest BCUT2D eigenvalue weighted by Crippen LogP contribution is 2.45. The Bertz CT molecular complexity index is 4340. The van der Waals surface area contributed by atoms with E-state index in [9.17, 15) is 21.0 Å². The van der Waals surface area contributed by atoms with Gasteiger partial charge >= 0.3 is 0 Å². The second-order valence-corrected chi connectivity index (χ2v) is 18.0. The van der Waals surface area contributed by atoms with Crippen LogP contribution in [0.3, 0.4) is 0 Å². The van der Waals surface area contributed by atoms with Crippen molar-refractivity contribution < 1.29 is 0 Å². The highest BCUT2D eigenvalue weighted by atomic mass is 15.1. The lowest BCUT2D eigenvalue weighted by Crippen LogP contribution is -2.07. The van der Waals surface area contributed by atoms with E-state index in [0.29, 0.717) is 62.4 Å². The SMILES string of the molecule is [C-]#[N+]c1ccccc1-c1ccc2c3ccc(-c4ccccc4C#N)cc3n(-c3cc(C#N)c(-c4nc(C)nc(C)n4)cc3-n3c4cc(-c5ccccc5C#N)ccc4c4ccc(-c5ccccc5C#N)cc43)c2c1. The number of rotatable bonds is 7. The van der Waals surface area contributed by atoms with Crippen molar-refractivity contribution >= 4 is 49.3 Å². The number of aryl methyl sites for hydroxylation is 2. The van der Waals surface area contributed by atoms with Crippen LogP contribution in [-0.4, -0.2) is 24.1 Å². The van der Waals surface area contributed by atoms with E-state index in [4.69, 9.17) is 16.5 Å². The minimum Gasteiger partial charge on any atom is -0.307 e. The van der Waals surface area contributed by atoms with Gasteiger partial charge in [-0.05, 0) is 113 Å². The van der Waals surface area contributed by atoms with Crippen LogP contribution in [0.5, 0.6) is 0 Å². The van der Waals surface area contributed by atoms with E-state index in [2.05, 4.69) is 91.8 Å². The third kappa shape index (κ3) is 7.18. The first-order valence-electron chi connectivity index (χ1n) is 23.7. The number of benzene rings is 9. The number of fused-ring (bicyclic) bond motifs is 6. The van der Waals surface area contributed by atoms with E-state index in [-0.39, 0.29) is 0 Å². The Morgan fingerprint density at radius 1 is 0.378 bits per heavy atom. The Hall–Kier alpha value is -11.0. The quantitative estimate of drug-likeness (QED) is 0.144. The van der Waals surface area contributed by atoms with Crippen LogP contribution in [0.15, 0.2) is 182 Å². The summed E-state index contributed by atoms with van der Waals surface area (Å²) in [5, 5.41) is 46.1. The Morgan fingerprint density at radius 2 is 0.730 bits per heavy atom. The Kier molecular flexibility index (Phi) is 10.6. The Balaban J connectivity index is 1.28. The minimum atomic E-state index is 0.317. The molecule has 0 radical (unpaired) electrons. The van der Waals surface area contributed by atoms with Gasteiger partial charge in [-0.15, -0.1) is 0 Å². The third-order valence-electron chi connectivity index (χ3n) is 13.8. The maximum Gasteiger partial charge on any atom is 0.194 e. The van der Waals surface area contributed by atoms with E-state index in [1.165, 1.54) is 0 Å². The van der Waals surface area contributed by atoms with Crippen LogP contribution < -0.4 is 0 Å². The average Bonchev–Trinajstić information content (AvgIpc) is 3.96. The van der Waals surface area contributed by atoms with Gasteiger partial charge in [-0.3, -0.25) is 0 Å². The van der Waals surface area contributed by atoms with Gasteiger partial charge in [-0.1, -0.05) is 127 Å². The van der Waals surface area contributed by atoms with Crippen molar-refractivity contribution in [2.45, 2.75) is 13.8 Å². The van der Waals surface area contributed by atoms with Crippen molar-refractivity contribution in [3.63, 3.8) is 0 Å². The van der Waals surface area contributed by atoms with Gasteiger partial charge in [0.25, 0.3) is 0 Å². The fourth-order valence-corrected chi connectivity index (χ4v) is 10.5. The topological polar surface area (TPSA) is 148 Å². The Labute approximate surface area is 425 Å². The van der Waals surface area contributed by atoms with Gasteiger partial charge in [0.2, 0.25) is 0 Å². The second-order valence-electron chi connectivity index (χ2n) is 18.0. The van der Waals surface area contributed by atoms with Gasteiger partial charge in [0.05, 0.1) is 86.5 Å². The molecule has 9 aromatic carbocycles. The molecule has 10 nitrogen and oxygen atoms in total. The summed E-state index contributed by atoms with van der Waals surface area (Å²) in [6.45, 7) is 11.7. The normalized spacial score (nSPS) is 11.0. The van der Waals surface area contributed by atoms with Gasteiger partial charge in [-0.2, -0.15) is 21.0 Å². The fraction of sp³-hybridized carbons (Fsp3) is 0.0312. The van der Waals surface area contributed by atoms with Gasteiger partial charge in [-0.25, -0.2) is 19.8 Å². The first kappa shape index (κ1) is 44.3. The molecule has 0 unspecified atom stereocenters. The summed E-state index contributed by atoms with van der Waals surface area (Å²) >= 11 is 0. The lowest BCUT2D eigenvalue weighted by molar-refractivity contribution is 0.927. The van der Waals surface area contributed by atoms with Crippen LogP contribution in [0.1, 0.15) is 33.9 Å². The van der Waals surface area contributed by atoms with Crippen LogP contribution in [0.2, 0.25) is 0 Å². The van der Waals surface area contributed by atoms with Crippen molar-refractivity contribution in [3.05, 3.63) is 227 Å². The Morgan fingerprint density at radius 3 is 1.12 bits per heavy atom. The molecule has 0 saturated heterocycles. The summed E-state index contributed by atoms with van der Waals surface area (Å²) in [6.07, 6.45) is 0. The fourth-order valence-electron chi connectivity index (χ4n) is 10.5. The highest BCUT2D eigenvalue weighted by Gasteiger charge is 2.25. The van der Waals surface area contributed by atoms with E-state index in [1.807, 2.05) is 133 Å². The van der Waals surface area contributed by atoms with Crippen LogP contribution in [-0.2, 0) is 0 Å². The molecule has 0 saturated carbocycles. The molecule has 0 N–H and O–H groups in total. The van der Waals surface area contributed by atoms with Gasteiger partial charge in [0.1, 0.15) is 11.6 Å². The predicted octanol–water partition coefficient (Wildman–Crippen LogP) is 15.1. The standard InChI is InChI=1S/C64H36N10/c1-38-70-39(2)72-64(71-38)56-33-63(74-59-29-41(49-16-8-5-13-45(49)35-66)21-25-53(59)54-26-22-42(30-60(54)74)50-17-9-6-14-46(50)36-67)62(32-47(56)37-68)73-58-28-40(48-15-7-4-12-44(48)34-65)20-24-52(58)55-27-23-43(31-61(55)73)51-18-10-11-19-57(51)69-3/h4-33H,1-2H3. The van der Waals surface area contributed by atoms with Gasteiger partial charge in [0.15, 0.2) is 11.5 Å². The van der Waals surface area contributed by atoms with Crippen molar-refractivity contribution in [1.29, 1.82) is 21.0 Å². The molecule has 74 heavy (non-hydrogen) atoms. The molecule has 0 aliphatic rings. The monoisotopic (exact) mass is 944 g/mol. The molecule has 12 aromatic rings. The van der Waals surface area contributed by atoms with Crippen LogP contribution in [0.25, 0.3) is 116 Å². The summed E-state index contributed by atoms with van der Waals surface area (Å²) in [6, 6.07) is 68.6. The molecule has 0 fully saturated rings. The predicted molar refractivity (Wildman–Crippen MR) is 290 cm³/mol. The van der Waals surface area contributed by atoms with E-state index >= 15 is 0 Å². The highest BCUT2D eigenvalue weighted by molar-refractivity contribution is 6.14. The summed E-state index contributed by atoms with van der Waals surface area (Å²) in [7, 11) is 0. The van der Waals surface area contributed by atoms with Crippen molar-refractivity contribution in [1.82, 2.24) is 24.1 Å². The number of hydrogen-bond donors (Lipinski definition) is 0. The molecule has 0 aliphatic carbocycles. The molecule has 0 spiro atoms. The lowest BCUT2D eigenvalue weighted by Gasteiger charge is -2.20. The number of hydrogen-bond acceptors (Lipinski definition) is 7. The molecule has 0 bridgehead atoms. The van der Waals surface area contributed by atoms with Gasteiger partial charge < -0.3 is 9.13 Å². The number of nitrogens with zero attached hydrogens (tertiary/aromatic N) is 10. The number of para-hydroxylation sites is 1. The van der Waals surface area contributed by atoms with E-state index in [1.54, 1.807) is 13.8 Å². The lowest BCUT2D eigenvalue weighted by atomic mass is 9.98. The number of aromatic nitrogens is 5. The molecular weight excluding hydrogens is 909 g/mol. The van der Waals surface area contributed by atoms with Crippen LogP contribution in [0.4, 0.5) is 5.69 Å². The van der Waals surface area contributed by atoms with Crippen LogP contribution in [0, 0.1) is 65.7 Å². The molecule has 3 aromatic heterocycles. The summed E-state index contributed by atoms with van der Waals surface area (Å²) in [5.74, 6) is 1.34. The first-order chi connectivity index (χ1) is 36.3. The van der Waals surface area contributed by atoms with E-state index in [0.717, 1.165) is 88.1 Å². The average molecular weight is 945 g/mol. The molecule has 0 amide bonds. The molecule has 12 rings (SSSR count). The minimum absolute atomic E-state index is 0.317. The largest absolute Gasteiger partial charge is 0.307 e. The van der Waals surface area contributed by atoms with Crippen molar-refractivity contribution in [2.75, 3.05) is 0 Å².